The zero-order valence-electron chi connectivity index (χ0n) is 11.4. The minimum atomic E-state index is -0.300. The van der Waals surface area contributed by atoms with Crippen LogP contribution in [-0.2, 0) is 0 Å². The number of rotatable bonds is 0. The first-order valence-electron chi connectivity index (χ1n) is 6.51. The summed E-state index contributed by atoms with van der Waals surface area (Å²) in [7, 11) is 0. The van der Waals surface area contributed by atoms with Crippen LogP contribution in [-0.4, -0.2) is 15.0 Å². The lowest BCUT2D eigenvalue weighted by Gasteiger charge is -1.96. The number of nitrogens with one attached hydrogen (secondary N) is 2. The summed E-state index contributed by atoms with van der Waals surface area (Å²) < 4.78 is 0. The first-order valence-corrected chi connectivity index (χ1v) is 6.51. The van der Waals surface area contributed by atoms with Gasteiger partial charge in [-0.2, -0.15) is 0 Å². The number of para-hydroxylation sites is 2. The van der Waals surface area contributed by atoms with Crippen LogP contribution in [0.3, 0.4) is 0 Å². The molecule has 0 saturated heterocycles. The molecule has 0 unspecified atom stereocenters. The molecule has 5 nitrogen and oxygen atoms in total. The maximum Gasteiger partial charge on any atom is 0.258 e. The largest absolute Gasteiger partial charge is 0.321 e. The molecule has 1 heterocycles. The Kier molecular flexibility index (Phi) is 3.23. The normalized spacial score (nSPS) is 10.5. The van der Waals surface area contributed by atoms with Crippen molar-refractivity contribution in [2.24, 2.45) is 0 Å². The third-order valence-corrected chi connectivity index (χ3v) is 3.15. The average Bonchev–Trinajstić information content (AvgIpc) is 2.47. The number of hydrogen-bond donors (Lipinski definition) is 2. The lowest BCUT2D eigenvalue weighted by molar-refractivity contribution is 1.07. The minimum absolute atomic E-state index is 0.288. The fourth-order valence-electron chi connectivity index (χ4n) is 2.18. The van der Waals surface area contributed by atoms with Gasteiger partial charge >= 0.3 is 0 Å². The highest BCUT2D eigenvalue weighted by Crippen LogP contribution is 2.05. The third-order valence-electron chi connectivity index (χ3n) is 3.15. The monoisotopic (exact) mass is 279 g/mol. The van der Waals surface area contributed by atoms with Gasteiger partial charge in [0.05, 0.1) is 21.8 Å². The fraction of sp³-hybridized carbons (Fsp3) is 0.0625. The number of hydrogen-bond acceptors (Lipinski definition) is 3. The van der Waals surface area contributed by atoms with Gasteiger partial charge < -0.3 is 9.97 Å². The van der Waals surface area contributed by atoms with Gasteiger partial charge in [0.15, 0.2) is 0 Å². The van der Waals surface area contributed by atoms with E-state index in [1.54, 1.807) is 55.5 Å². The van der Waals surface area contributed by atoms with Crippen molar-refractivity contribution in [3.8, 4) is 0 Å². The van der Waals surface area contributed by atoms with Crippen LogP contribution < -0.4 is 11.1 Å². The van der Waals surface area contributed by atoms with Crippen LogP contribution in [0.15, 0.2) is 58.1 Å². The summed E-state index contributed by atoms with van der Waals surface area (Å²) in [6.07, 6.45) is 0. The topological polar surface area (TPSA) is 78.6 Å². The van der Waals surface area contributed by atoms with E-state index >= 15 is 0 Å². The molecule has 104 valence electrons. The van der Waals surface area contributed by atoms with E-state index in [4.69, 9.17) is 0 Å². The number of nitrogens with zero attached hydrogens (tertiary/aromatic N) is 1. The van der Waals surface area contributed by atoms with Gasteiger partial charge in [-0.1, -0.05) is 24.3 Å². The Balaban J connectivity index is 2.66. The Labute approximate surface area is 119 Å². The number of H-pyrrole nitrogens is 2. The van der Waals surface area contributed by atoms with Crippen LogP contribution in [0, 0.1) is 6.92 Å². The molecule has 0 saturated carbocycles. The molecule has 0 fully saturated rings. The molecular weight excluding hydrogens is 266 g/mol. The van der Waals surface area contributed by atoms with Crippen molar-refractivity contribution in [1.29, 1.82) is 0 Å². The van der Waals surface area contributed by atoms with E-state index in [1.165, 1.54) is 0 Å². The predicted octanol–water partition coefficient (Wildman–Crippen LogP) is 2.20. The summed E-state index contributed by atoms with van der Waals surface area (Å²) in [5, 5.41) is 0.864. The van der Waals surface area contributed by atoms with Gasteiger partial charge in [-0.15, -0.1) is 0 Å². The van der Waals surface area contributed by atoms with Crippen LogP contribution >= 0.6 is 0 Å². The van der Waals surface area contributed by atoms with E-state index in [2.05, 4.69) is 15.0 Å². The molecular formula is C16H13N3O2. The van der Waals surface area contributed by atoms with Gasteiger partial charge in [0.1, 0.15) is 5.82 Å². The molecule has 2 N–H and O–H groups in total. The molecule has 2 aromatic carbocycles. The molecule has 1 aromatic heterocycles. The lowest BCUT2D eigenvalue weighted by Crippen LogP contribution is -2.10. The van der Waals surface area contributed by atoms with E-state index in [1.807, 2.05) is 0 Å². The molecule has 0 amide bonds. The van der Waals surface area contributed by atoms with Gasteiger partial charge in [0.2, 0.25) is 0 Å². The summed E-state index contributed by atoms with van der Waals surface area (Å²) in [6, 6.07) is 13.9. The van der Waals surface area contributed by atoms with Gasteiger partial charge in [-0.25, -0.2) is 4.98 Å². The van der Waals surface area contributed by atoms with E-state index in [9.17, 15) is 9.59 Å². The second kappa shape index (κ2) is 5.20. The summed E-state index contributed by atoms with van der Waals surface area (Å²) in [5.41, 5.74) is 0.410. The molecule has 21 heavy (non-hydrogen) atoms. The quantitative estimate of drug-likeness (QED) is 0.662. The van der Waals surface area contributed by atoms with Gasteiger partial charge in [0.25, 0.3) is 11.1 Å². The van der Waals surface area contributed by atoms with Crippen molar-refractivity contribution in [1.82, 2.24) is 15.0 Å². The van der Waals surface area contributed by atoms with E-state index in [-0.39, 0.29) is 11.1 Å². The second-order valence-electron chi connectivity index (χ2n) is 4.67. The molecule has 0 spiro atoms. The predicted molar refractivity (Wildman–Crippen MR) is 82.9 cm³/mol. The van der Waals surface area contributed by atoms with Gasteiger partial charge in [-0.05, 0) is 31.2 Å². The molecule has 5 heteroatoms. The van der Waals surface area contributed by atoms with Crippen LogP contribution in [0.1, 0.15) is 5.82 Å². The number of benzene rings is 2. The van der Waals surface area contributed by atoms with Crippen molar-refractivity contribution in [3.63, 3.8) is 0 Å². The summed E-state index contributed by atoms with van der Waals surface area (Å²) in [6.45, 7) is 1.69. The maximum absolute atomic E-state index is 12.4. The number of aryl methyl sites for hydroxylation is 1. The van der Waals surface area contributed by atoms with Crippen LogP contribution in [0.2, 0.25) is 0 Å². The molecule has 0 aliphatic carbocycles. The van der Waals surface area contributed by atoms with Crippen molar-refractivity contribution in [2.75, 3.05) is 0 Å². The number of aromatic amines is 2. The Morgan fingerprint density at radius 2 is 1.43 bits per heavy atom. The van der Waals surface area contributed by atoms with Crippen molar-refractivity contribution in [2.45, 2.75) is 6.92 Å². The highest BCUT2D eigenvalue weighted by Gasteiger charge is 1.99. The minimum Gasteiger partial charge on any atom is -0.321 e. The molecule has 0 aliphatic rings. The third kappa shape index (κ3) is 2.53. The SMILES string of the molecule is Cc1nc2ccccc2c(=O)[nH]c2ccccc2c(=O)[nH]1. The second-order valence-corrected chi connectivity index (χ2v) is 4.67. The molecule has 3 rings (SSSR count). The molecule has 0 aliphatic heterocycles. The highest BCUT2D eigenvalue weighted by atomic mass is 16.1. The van der Waals surface area contributed by atoms with Gasteiger partial charge in [0, 0.05) is 0 Å². The zero-order valence-corrected chi connectivity index (χ0v) is 11.4. The summed E-state index contributed by atoms with van der Waals surface area (Å²) in [5.74, 6) is 0.442. The average molecular weight is 279 g/mol. The summed E-state index contributed by atoms with van der Waals surface area (Å²) in [4.78, 5) is 34.4. The Morgan fingerprint density at radius 3 is 2.24 bits per heavy atom. The van der Waals surface area contributed by atoms with Crippen LogP contribution in [0.4, 0.5) is 0 Å². The number of fused-ring (bicyclic) bond motifs is 2. The smallest absolute Gasteiger partial charge is 0.258 e. The molecule has 0 atom stereocenters. The van der Waals surface area contributed by atoms with Crippen molar-refractivity contribution >= 4 is 21.8 Å². The van der Waals surface area contributed by atoms with Crippen LogP contribution in [0.5, 0.6) is 0 Å². The zero-order chi connectivity index (χ0) is 14.8. The maximum atomic E-state index is 12.4. The van der Waals surface area contributed by atoms with Gasteiger partial charge in [-0.3, -0.25) is 9.59 Å². The first-order chi connectivity index (χ1) is 10.1. The standard InChI is InChI=1S/C16H13N3O2/c1-10-17-13-8-4-2-6-11(13)16(21)19-14-9-5-3-7-12(14)15(20)18-10/h2-9H,1H3,(H,19,21)(H,17,18,20). The Hall–Kier alpha value is -2.95. The molecule has 0 radical (unpaired) electrons. The van der Waals surface area contributed by atoms with Crippen molar-refractivity contribution in [3.05, 3.63) is 75.1 Å². The first kappa shape index (κ1) is 13.1. The van der Waals surface area contributed by atoms with E-state index in [0.717, 1.165) is 0 Å². The van der Waals surface area contributed by atoms with E-state index < -0.39 is 0 Å². The lowest BCUT2D eigenvalue weighted by atomic mass is 10.2. The molecule has 3 aromatic rings. The Morgan fingerprint density at radius 1 is 0.810 bits per heavy atom. The fourth-order valence-corrected chi connectivity index (χ4v) is 2.18. The van der Waals surface area contributed by atoms with Crippen LogP contribution in [0.25, 0.3) is 21.8 Å². The summed E-state index contributed by atoms with van der Waals surface area (Å²) >= 11 is 0. The Bertz CT molecular complexity index is 1000. The van der Waals surface area contributed by atoms with Crippen molar-refractivity contribution < 1.29 is 0 Å². The highest BCUT2D eigenvalue weighted by molar-refractivity contribution is 5.79. The van der Waals surface area contributed by atoms with E-state index in [0.29, 0.717) is 27.6 Å². The molecule has 0 bridgehead atoms. The number of aromatic nitrogens is 3.